The molecule has 134 valence electrons. The molecule has 1 amide bonds. The summed E-state index contributed by atoms with van der Waals surface area (Å²) in [5.41, 5.74) is 3.21. The molecular formula is C18H28N2O3S. The first-order chi connectivity index (χ1) is 11.3. The van der Waals surface area contributed by atoms with Crippen LogP contribution < -0.4 is 4.90 Å². The molecular weight excluding hydrogens is 324 g/mol. The van der Waals surface area contributed by atoms with Crippen molar-refractivity contribution in [3.8, 4) is 0 Å². The molecule has 0 N–H and O–H groups in total. The van der Waals surface area contributed by atoms with Crippen LogP contribution in [0.3, 0.4) is 0 Å². The van der Waals surface area contributed by atoms with Crippen LogP contribution in [0.25, 0.3) is 0 Å². The molecule has 24 heavy (non-hydrogen) atoms. The molecule has 0 saturated carbocycles. The number of hydrogen-bond acceptors (Lipinski definition) is 3. The summed E-state index contributed by atoms with van der Waals surface area (Å²) in [6, 6.07) is 6.16. The molecule has 1 aromatic carbocycles. The number of nitrogens with zero attached hydrogens (tertiary/aromatic N) is 2. The van der Waals surface area contributed by atoms with Crippen LogP contribution >= 0.6 is 0 Å². The number of amides is 1. The summed E-state index contributed by atoms with van der Waals surface area (Å²) in [7, 11) is -3.15. The fourth-order valence-corrected chi connectivity index (χ4v) is 4.49. The van der Waals surface area contributed by atoms with E-state index in [1.807, 2.05) is 37.8 Å². The Hall–Kier alpha value is -1.40. The molecule has 0 atom stereocenters. The first-order valence-electron chi connectivity index (χ1n) is 8.66. The number of hydrogen-bond donors (Lipinski definition) is 0. The second-order valence-corrected chi connectivity index (χ2v) is 8.76. The summed E-state index contributed by atoms with van der Waals surface area (Å²) >= 11 is 0. The van der Waals surface area contributed by atoms with Crippen LogP contribution in [-0.4, -0.2) is 44.0 Å². The average molecular weight is 353 g/mol. The zero-order chi connectivity index (χ0) is 17.9. The molecule has 1 aliphatic heterocycles. The Morgan fingerprint density at radius 3 is 2.12 bits per heavy atom. The largest absolute Gasteiger partial charge is 0.312 e. The maximum Gasteiger partial charge on any atom is 0.230 e. The van der Waals surface area contributed by atoms with Crippen molar-refractivity contribution in [1.29, 1.82) is 0 Å². The van der Waals surface area contributed by atoms with Crippen LogP contribution in [0.5, 0.6) is 0 Å². The Morgan fingerprint density at radius 2 is 1.67 bits per heavy atom. The molecule has 1 heterocycles. The number of piperidine rings is 1. The molecule has 1 fully saturated rings. The van der Waals surface area contributed by atoms with Gasteiger partial charge in [-0.3, -0.25) is 4.79 Å². The highest BCUT2D eigenvalue weighted by Gasteiger charge is 2.32. The minimum absolute atomic E-state index is 0.103. The molecule has 0 bridgehead atoms. The third-order valence-electron chi connectivity index (χ3n) is 4.66. The Bertz CT molecular complexity index is 672. The summed E-state index contributed by atoms with van der Waals surface area (Å²) in [6.45, 7) is 9.20. The lowest BCUT2D eigenvalue weighted by atomic mass is 9.96. The number of sulfonamides is 1. The van der Waals surface area contributed by atoms with Gasteiger partial charge in [-0.1, -0.05) is 6.07 Å². The molecule has 5 nitrogen and oxygen atoms in total. The quantitative estimate of drug-likeness (QED) is 0.819. The standard InChI is InChI=1S/C18H28N2O3S/c1-5-20(17-12-14(3)11-15(4)13-17)18(21)16-7-9-19(10-8-16)24(22,23)6-2/h11-13,16H,5-10H2,1-4H3. The third-order valence-corrected chi connectivity index (χ3v) is 6.54. The fourth-order valence-electron chi connectivity index (χ4n) is 3.36. The first-order valence-corrected chi connectivity index (χ1v) is 10.3. The lowest BCUT2D eigenvalue weighted by Crippen LogP contribution is -2.45. The van der Waals surface area contributed by atoms with Gasteiger partial charge in [0.2, 0.25) is 15.9 Å². The van der Waals surface area contributed by atoms with Gasteiger partial charge in [-0.05, 0) is 63.8 Å². The van der Waals surface area contributed by atoms with E-state index < -0.39 is 10.0 Å². The summed E-state index contributed by atoms with van der Waals surface area (Å²) < 4.78 is 25.4. The molecule has 6 heteroatoms. The predicted octanol–water partition coefficient (Wildman–Crippen LogP) is 2.72. The lowest BCUT2D eigenvalue weighted by Gasteiger charge is -2.33. The smallest absolute Gasteiger partial charge is 0.230 e. The van der Waals surface area contributed by atoms with Gasteiger partial charge in [0.25, 0.3) is 0 Å². The average Bonchev–Trinajstić information content (AvgIpc) is 2.54. The van der Waals surface area contributed by atoms with Gasteiger partial charge in [0.1, 0.15) is 0 Å². The van der Waals surface area contributed by atoms with Crippen molar-refractivity contribution in [3.05, 3.63) is 29.3 Å². The van der Waals surface area contributed by atoms with Crippen molar-refractivity contribution in [2.75, 3.05) is 30.3 Å². The van der Waals surface area contributed by atoms with Gasteiger partial charge >= 0.3 is 0 Å². The van der Waals surface area contributed by atoms with Gasteiger partial charge in [0.15, 0.2) is 0 Å². The Morgan fingerprint density at radius 1 is 1.12 bits per heavy atom. The number of aryl methyl sites for hydroxylation is 2. The van der Waals surface area contributed by atoms with E-state index in [2.05, 4.69) is 6.07 Å². The SMILES string of the molecule is CCN(C(=O)C1CCN(S(=O)(=O)CC)CC1)c1cc(C)cc(C)c1. The molecule has 1 aliphatic rings. The normalized spacial score (nSPS) is 17.0. The molecule has 1 aromatic rings. The Labute approximate surface area is 145 Å². The van der Waals surface area contributed by atoms with Crippen LogP contribution in [0.2, 0.25) is 0 Å². The van der Waals surface area contributed by atoms with Crippen molar-refractivity contribution in [2.45, 2.75) is 40.5 Å². The van der Waals surface area contributed by atoms with Crippen molar-refractivity contribution >= 4 is 21.6 Å². The van der Waals surface area contributed by atoms with Crippen molar-refractivity contribution in [3.63, 3.8) is 0 Å². The monoisotopic (exact) mass is 352 g/mol. The molecule has 2 rings (SSSR count). The minimum atomic E-state index is -3.15. The van der Waals surface area contributed by atoms with Crippen LogP contribution in [0.15, 0.2) is 18.2 Å². The summed E-state index contributed by atoms with van der Waals surface area (Å²) in [4.78, 5) is 14.8. The van der Waals surface area contributed by atoms with Gasteiger partial charge in [0, 0.05) is 31.2 Å². The van der Waals surface area contributed by atoms with E-state index in [1.54, 1.807) is 6.92 Å². The first kappa shape index (κ1) is 18.9. The molecule has 0 unspecified atom stereocenters. The van der Waals surface area contributed by atoms with Gasteiger partial charge in [-0.15, -0.1) is 0 Å². The van der Waals surface area contributed by atoms with Crippen molar-refractivity contribution in [2.24, 2.45) is 5.92 Å². The zero-order valence-electron chi connectivity index (χ0n) is 15.1. The number of carbonyl (C=O) groups excluding carboxylic acids is 1. The Balaban J connectivity index is 2.10. The maximum atomic E-state index is 12.9. The van der Waals surface area contributed by atoms with E-state index >= 15 is 0 Å². The highest BCUT2D eigenvalue weighted by Crippen LogP contribution is 2.26. The number of carbonyl (C=O) groups is 1. The van der Waals surface area contributed by atoms with Crippen molar-refractivity contribution < 1.29 is 13.2 Å². The third kappa shape index (κ3) is 4.16. The van der Waals surface area contributed by atoms with E-state index in [1.165, 1.54) is 4.31 Å². The number of anilines is 1. The highest BCUT2D eigenvalue weighted by atomic mass is 32.2. The topological polar surface area (TPSA) is 57.7 Å². The number of rotatable bonds is 5. The van der Waals surface area contributed by atoms with E-state index in [-0.39, 0.29) is 17.6 Å². The second kappa shape index (κ2) is 7.66. The zero-order valence-corrected chi connectivity index (χ0v) is 15.9. The number of benzene rings is 1. The van der Waals surface area contributed by atoms with Crippen LogP contribution in [0.1, 0.15) is 37.8 Å². The molecule has 0 aliphatic carbocycles. The van der Waals surface area contributed by atoms with Gasteiger partial charge in [-0.2, -0.15) is 0 Å². The van der Waals surface area contributed by atoms with Gasteiger partial charge < -0.3 is 4.90 Å². The molecule has 0 aromatic heterocycles. The van der Waals surface area contributed by atoms with E-state index in [4.69, 9.17) is 0 Å². The lowest BCUT2D eigenvalue weighted by molar-refractivity contribution is -0.123. The van der Waals surface area contributed by atoms with Crippen LogP contribution in [-0.2, 0) is 14.8 Å². The van der Waals surface area contributed by atoms with Gasteiger partial charge in [-0.25, -0.2) is 12.7 Å². The van der Waals surface area contributed by atoms with Crippen molar-refractivity contribution in [1.82, 2.24) is 4.31 Å². The summed E-state index contributed by atoms with van der Waals surface area (Å²) in [5, 5.41) is 0. The molecule has 0 spiro atoms. The van der Waals surface area contributed by atoms with E-state index in [9.17, 15) is 13.2 Å². The van der Waals surface area contributed by atoms with Gasteiger partial charge in [0.05, 0.1) is 5.75 Å². The molecule has 1 saturated heterocycles. The summed E-state index contributed by atoms with van der Waals surface area (Å²) in [6.07, 6.45) is 1.19. The maximum absolute atomic E-state index is 12.9. The molecule has 0 radical (unpaired) electrons. The second-order valence-electron chi connectivity index (χ2n) is 6.50. The Kier molecular flexibility index (Phi) is 6.04. The minimum Gasteiger partial charge on any atom is -0.312 e. The van der Waals surface area contributed by atoms with Crippen LogP contribution in [0, 0.1) is 19.8 Å². The highest BCUT2D eigenvalue weighted by molar-refractivity contribution is 7.89. The van der Waals surface area contributed by atoms with E-state index in [0.717, 1.165) is 16.8 Å². The predicted molar refractivity (Wildman–Crippen MR) is 97.7 cm³/mol. The fraction of sp³-hybridized carbons (Fsp3) is 0.611. The van der Waals surface area contributed by atoms with Crippen LogP contribution in [0.4, 0.5) is 5.69 Å². The van der Waals surface area contributed by atoms with E-state index in [0.29, 0.717) is 32.5 Å². The summed E-state index contributed by atoms with van der Waals surface area (Å²) in [5.74, 6) is 0.125.